The van der Waals surface area contributed by atoms with Crippen LogP contribution in [0.4, 0.5) is 13.2 Å². The zero-order valence-electron chi connectivity index (χ0n) is 21.4. The molecular formula is C27H28F3N3O4S. The number of methoxy groups -OCH3 is 1. The Bertz CT molecular complexity index is 1580. The first-order valence-electron chi connectivity index (χ1n) is 11.9. The van der Waals surface area contributed by atoms with Crippen LogP contribution in [0.5, 0.6) is 5.75 Å². The highest BCUT2D eigenvalue weighted by atomic mass is 32.2. The molecule has 0 saturated heterocycles. The third-order valence-corrected chi connectivity index (χ3v) is 7.38. The molecule has 4 rings (SSSR count). The maximum Gasteiger partial charge on any atom is 0.418 e. The molecule has 0 unspecified atom stereocenters. The van der Waals surface area contributed by atoms with Gasteiger partial charge in [-0.1, -0.05) is 44.2 Å². The molecule has 0 aliphatic rings. The fourth-order valence-corrected chi connectivity index (χ4v) is 5.46. The first kappa shape index (κ1) is 27.6. The molecule has 7 nitrogen and oxygen atoms in total. The zero-order chi connectivity index (χ0) is 27.8. The van der Waals surface area contributed by atoms with Crippen LogP contribution in [0.15, 0.2) is 53.7 Å². The molecule has 0 fully saturated rings. The number of aliphatic hydroxyl groups excluding tert-OH is 1. The van der Waals surface area contributed by atoms with E-state index < -0.39 is 21.6 Å². The Hall–Kier alpha value is -3.44. The molecule has 0 amide bonds. The second kappa shape index (κ2) is 10.4. The van der Waals surface area contributed by atoms with Crippen LogP contribution in [0.3, 0.4) is 0 Å². The SMILES string of the molecule is COc1cc(Cc2cccnc2S(C)(=O)=O)c(C(F)(F)F)c2nc(-c3ccc(C(C)C)cc3)n(CCO)c12. The van der Waals surface area contributed by atoms with Gasteiger partial charge < -0.3 is 14.4 Å². The summed E-state index contributed by atoms with van der Waals surface area (Å²) in [5, 5.41) is 9.47. The lowest BCUT2D eigenvalue weighted by Crippen LogP contribution is -2.13. The lowest BCUT2D eigenvalue weighted by atomic mass is 9.98. The van der Waals surface area contributed by atoms with Gasteiger partial charge in [0.15, 0.2) is 14.9 Å². The number of benzene rings is 2. The van der Waals surface area contributed by atoms with Gasteiger partial charge in [-0.25, -0.2) is 18.4 Å². The lowest BCUT2D eigenvalue weighted by molar-refractivity contribution is -0.137. The van der Waals surface area contributed by atoms with Crippen LogP contribution in [0, 0.1) is 0 Å². The maximum absolute atomic E-state index is 14.6. The van der Waals surface area contributed by atoms with Gasteiger partial charge in [0.2, 0.25) is 0 Å². The van der Waals surface area contributed by atoms with Gasteiger partial charge in [0.25, 0.3) is 0 Å². The molecule has 0 aliphatic heterocycles. The van der Waals surface area contributed by atoms with Crippen molar-refractivity contribution >= 4 is 20.9 Å². The number of aliphatic hydroxyl groups is 1. The Morgan fingerprint density at radius 2 is 1.79 bits per heavy atom. The Kier molecular flexibility index (Phi) is 7.53. The maximum atomic E-state index is 14.6. The highest BCUT2D eigenvalue weighted by Crippen LogP contribution is 2.43. The molecule has 0 radical (unpaired) electrons. The summed E-state index contributed by atoms with van der Waals surface area (Å²) >= 11 is 0. The van der Waals surface area contributed by atoms with Crippen molar-refractivity contribution in [1.82, 2.24) is 14.5 Å². The first-order valence-corrected chi connectivity index (χ1v) is 13.8. The van der Waals surface area contributed by atoms with Crippen molar-refractivity contribution < 1.29 is 31.4 Å². The van der Waals surface area contributed by atoms with Crippen molar-refractivity contribution in [3.63, 3.8) is 0 Å². The average Bonchev–Trinajstić information content (AvgIpc) is 3.21. The van der Waals surface area contributed by atoms with Gasteiger partial charge in [-0.15, -0.1) is 0 Å². The van der Waals surface area contributed by atoms with Crippen molar-refractivity contribution in [3.8, 4) is 17.1 Å². The van der Waals surface area contributed by atoms with E-state index in [1.807, 2.05) is 26.0 Å². The van der Waals surface area contributed by atoms with E-state index in [1.54, 1.807) is 12.1 Å². The molecule has 0 spiro atoms. The third kappa shape index (κ3) is 5.25. The summed E-state index contributed by atoms with van der Waals surface area (Å²) in [6.45, 7) is 3.73. The molecule has 0 aliphatic carbocycles. The van der Waals surface area contributed by atoms with E-state index >= 15 is 0 Å². The fraction of sp³-hybridized carbons (Fsp3) is 0.333. The van der Waals surface area contributed by atoms with E-state index in [2.05, 4.69) is 9.97 Å². The van der Waals surface area contributed by atoms with Gasteiger partial charge in [-0.3, -0.25) is 0 Å². The predicted molar refractivity (Wildman–Crippen MR) is 138 cm³/mol. The number of pyridine rings is 1. The number of ether oxygens (including phenoxy) is 1. The highest BCUT2D eigenvalue weighted by molar-refractivity contribution is 7.90. The number of nitrogens with zero attached hydrogens (tertiary/aromatic N) is 3. The van der Waals surface area contributed by atoms with E-state index in [-0.39, 0.29) is 64.3 Å². The van der Waals surface area contributed by atoms with Crippen LogP contribution in [-0.4, -0.2) is 48.0 Å². The van der Waals surface area contributed by atoms with Crippen LogP contribution < -0.4 is 4.74 Å². The van der Waals surface area contributed by atoms with E-state index in [1.165, 1.54) is 36.1 Å². The predicted octanol–water partition coefficient (Wildman–Crippen LogP) is 5.24. The molecule has 2 aromatic carbocycles. The summed E-state index contributed by atoms with van der Waals surface area (Å²) in [6, 6.07) is 11.5. The Morgan fingerprint density at radius 1 is 1.11 bits per heavy atom. The molecule has 0 atom stereocenters. The first-order chi connectivity index (χ1) is 17.9. The number of fused-ring (bicyclic) bond motifs is 1. The third-order valence-electron chi connectivity index (χ3n) is 6.31. The molecule has 202 valence electrons. The van der Waals surface area contributed by atoms with Crippen molar-refractivity contribution in [2.24, 2.45) is 0 Å². The van der Waals surface area contributed by atoms with Gasteiger partial charge in [0.05, 0.1) is 19.3 Å². The standard InChI is InChI=1S/C27H28F3N3O4S/c1-16(2)17-7-9-18(10-8-17)25-32-23-22(27(28,29)30)20(15-21(37-3)24(23)33(25)12-13-34)14-19-6-5-11-31-26(19)38(4,35)36/h5-11,15-16,34H,12-14H2,1-4H3. The molecule has 11 heteroatoms. The van der Waals surface area contributed by atoms with E-state index in [4.69, 9.17) is 4.74 Å². The molecule has 2 heterocycles. The highest BCUT2D eigenvalue weighted by Gasteiger charge is 2.39. The fourth-order valence-electron chi connectivity index (χ4n) is 4.59. The van der Waals surface area contributed by atoms with E-state index in [0.29, 0.717) is 5.56 Å². The summed E-state index contributed by atoms with van der Waals surface area (Å²) in [4.78, 5) is 8.34. The van der Waals surface area contributed by atoms with Crippen molar-refractivity contribution in [3.05, 3.63) is 70.9 Å². The van der Waals surface area contributed by atoms with Crippen LogP contribution in [0.1, 0.15) is 42.0 Å². The second-order valence-corrected chi connectivity index (χ2v) is 11.2. The topological polar surface area (TPSA) is 94.3 Å². The number of alkyl halides is 3. The molecule has 0 bridgehead atoms. The van der Waals surface area contributed by atoms with Gasteiger partial charge in [0, 0.05) is 31.0 Å². The van der Waals surface area contributed by atoms with Gasteiger partial charge in [-0.2, -0.15) is 13.2 Å². The number of imidazole rings is 1. The second-order valence-electron chi connectivity index (χ2n) is 9.31. The minimum absolute atomic E-state index is 0.00833. The number of hydrogen-bond donors (Lipinski definition) is 1. The largest absolute Gasteiger partial charge is 0.494 e. The van der Waals surface area contributed by atoms with Crippen molar-refractivity contribution in [2.45, 2.75) is 43.9 Å². The van der Waals surface area contributed by atoms with Gasteiger partial charge in [-0.05, 0) is 34.7 Å². The van der Waals surface area contributed by atoms with Crippen LogP contribution in [0.25, 0.3) is 22.4 Å². The van der Waals surface area contributed by atoms with Crippen molar-refractivity contribution in [1.29, 1.82) is 0 Å². The lowest BCUT2D eigenvalue weighted by Gasteiger charge is -2.17. The van der Waals surface area contributed by atoms with Crippen LogP contribution in [-0.2, 0) is 29.0 Å². The monoisotopic (exact) mass is 547 g/mol. The molecule has 4 aromatic rings. The summed E-state index contributed by atoms with van der Waals surface area (Å²) in [5.74, 6) is 0.645. The molecule has 2 aromatic heterocycles. The summed E-state index contributed by atoms with van der Waals surface area (Å²) in [5.41, 5.74) is 0.336. The number of rotatable bonds is 8. The van der Waals surface area contributed by atoms with Crippen molar-refractivity contribution in [2.75, 3.05) is 20.0 Å². The smallest absolute Gasteiger partial charge is 0.418 e. The minimum atomic E-state index is -4.81. The molecule has 0 saturated carbocycles. The average molecular weight is 548 g/mol. The van der Waals surface area contributed by atoms with E-state index in [9.17, 15) is 26.7 Å². The summed E-state index contributed by atoms with van der Waals surface area (Å²) in [6.07, 6.45) is -2.93. The Labute approximate surface area is 218 Å². The van der Waals surface area contributed by atoms with E-state index in [0.717, 1.165) is 11.8 Å². The zero-order valence-corrected chi connectivity index (χ0v) is 22.2. The van der Waals surface area contributed by atoms with Gasteiger partial charge in [0.1, 0.15) is 22.6 Å². The number of halogens is 3. The number of hydrogen-bond acceptors (Lipinski definition) is 6. The minimum Gasteiger partial charge on any atom is -0.494 e. The normalized spacial score (nSPS) is 12.4. The summed E-state index contributed by atoms with van der Waals surface area (Å²) < 4.78 is 75.5. The quantitative estimate of drug-likeness (QED) is 0.325. The Morgan fingerprint density at radius 3 is 2.34 bits per heavy atom. The molecular weight excluding hydrogens is 519 g/mol. The summed E-state index contributed by atoms with van der Waals surface area (Å²) in [7, 11) is -2.45. The molecule has 1 N–H and O–H groups in total. The number of sulfone groups is 1. The molecule has 38 heavy (non-hydrogen) atoms. The number of aromatic nitrogens is 3. The van der Waals surface area contributed by atoms with Crippen LogP contribution >= 0.6 is 0 Å². The van der Waals surface area contributed by atoms with Gasteiger partial charge >= 0.3 is 6.18 Å². The Balaban J connectivity index is 2.03. The van der Waals surface area contributed by atoms with Crippen LogP contribution in [0.2, 0.25) is 0 Å².